The number of carbonyl (C=O) groups is 1. The molecule has 2 aromatic carbocycles. The van der Waals surface area contributed by atoms with E-state index in [0.717, 1.165) is 49.1 Å². The van der Waals surface area contributed by atoms with Crippen molar-refractivity contribution in [1.29, 1.82) is 0 Å². The number of aromatic nitrogens is 3. The Hall–Kier alpha value is -2.39. The van der Waals surface area contributed by atoms with Crippen LogP contribution in [0.25, 0.3) is 5.69 Å². The minimum absolute atomic E-state index is 0.118. The lowest BCUT2D eigenvalue weighted by Gasteiger charge is -2.26. The van der Waals surface area contributed by atoms with Gasteiger partial charge in [0, 0.05) is 29.5 Å². The van der Waals surface area contributed by atoms with Crippen LogP contribution in [0.3, 0.4) is 0 Å². The molecule has 1 amide bonds. The summed E-state index contributed by atoms with van der Waals surface area (Å²) in [6, 6.07) is 15.5. The fourth-order valence-corrected chi connectivity index (χ4v) is 4.30. The van der Waals surface area contributed by atoms with Crippen LogP contribution in [0, 0.1) is 6.92 Å². The monoisotopic (exact) mass is 457 g/mol. The lowest BCUT2D eigenvalue weighted by Crippen LogP contribution is -2.36. The lowest BCUT2D eigenvalue weighted by molar-refractivity contribution is -0.113. The van der Waals surface area contributed by atoms with Crippen molar-refractivity contribution in [3.8, 4) is 5.69 Å². The van der Waals surface area contributed by atoms with E-state index in [0.29, 0.717) is 16.7 Å². The quantitative estimate of drug-likeness (QED) is 0.544. The molecular formula is C22H24ClN5O2S. The summed E-state index contributed by atoms with van der Waals surface area (Å²) in [6.07, 6.45) is 0. The van der Waals surface area contributed by atoms with Crippen LogP contribution < -0.4 is 5.32 Å². The van der Waals surface area contributed by atoms with Gasteiger partial charge in [-0.1, -0.05) is 47.6 Å². The van der Waals surface area contributed by atoms with Crippen LogP contribution in [-0.4, -0.2) is 57.6 Å². The molecule has 0 saturated carbocycles. The number of carbonyl (C=O) groups excluding carboxylic acids is 1. The number of para-hydroxylation sites is 1. The van der Waals surface area contributed by atoms with E-state index in [1.165, 1.54) is 11.8 Å². The highest BCUT2D eigenvalue weighted by Gasteiger charge is 2.19. The van der Waals surface area contributed by atoms with Crippen molar-refractivity contribution in [2.75, 3.05) is 37.4 Å². The van der Waals surface area contributed by atoms with Crippen molar-refractivity contribution in [3.63, 3.8) is 0 Å². The van der Waals surface area contributed by atoms with E-state index in [-0.39, 0.29) is 11.7 Å². The molecule has 1 N–H and O–H groups in total. The molecule has 0 bridgehead atoms. The summed E-state index contributed by atoms with van der Waals surface area (Å²) in [5, 5.41) is 13.1. The summed E-state index contributed by atoms with van der Waals surface area (Å²) in [4.78, 5) is 14.9. The van der Waals surface area contributed by atoms with Gasteiger partial charge in [-0.25, -0.2) is 0 Å². The minimum atomic E-state index is -0.118. The van der Waals surface area contributed by atoms with E-state index < -0.39 is 0 Å². The van der Waals surface area contributed by atoms with Crippen LogP contribution in [-0.2, 0) is 16.1 Å². The number of amides is 1. The Kier molecular flexibility index (Phi) is 7.24. The smallest absolute Gasteiger partial charge is 0.234 e. The highest BCUT2D eigenvalue weighted by Crippen LogP contribution is 2.25. The number of morpholine rings is 1. The first kappa shape index (κ1) is 21.8. The number of nitrogens with zero attached hydrogens (tertiary/aromatic N) is 4. The van der Waals surface area contributed by atoms with Crippen molar-refractivity contribution < 1.29 is 9.53 Å². The van der Waals surface area contributed by atoms with Crippen LogP contribution in [0.4, 0.5) is 5.69 Å². The Labute approximate surface area is 190 Å². The van der Waals surface area contributed by atoms with Gasteiger partial charge in [-0.15, -0.1) is 10.2 Å². The van der Waals surface area contributed by atoms with Gasteiger partial charge in [-0.05, 0) is 36.8 Å². The Morgan fingerprint density at radius 2 is 1.90 bits per heavy atom. The second-order valence-corrected chi connectivity index (χ2v) is 8.56. The third-order valence-corrected chi connectivity index (χ3v) is 6.40. The van der Waals surface area contributed by atoms with E-state index in [9.17, 15) is 4.79 Å². The molecule has 1 saturated heterocycles. The van der Waals surface area contributed by atoms with E-state index in [1.807, 2.05) is 54.0 Å². The fraction of sp³-hybridized carbons (Fsp3) is 0.318. The molecule has 4 rings (SSSR count). The van der Waals surface area contributed by atoms with Crippen molar-refractivity contribution in [3.05, 3.63) is 64.9 Å². The standard InChI is InChI=1S/C22H24ClN5O2S/c1-16-18(23)8-5-9-19(16)24-21(29)15-31-22-26-25-20(14-27-10-12-30-13-11-27)28(22)17-6-3-2-4-7-17/h2-9H,10-15H2,1H3,(H,24,29). The molecule has 0 radical (unpaired) electrons. The number of thioether (sulfide) groups is 1. The van der Waals surface area contributed by atoms with E-state index >= 15 is 0 Å². The average Bonchev–Trinajstić information content (AvgIpc) is 3.19. The first-order chi connectivity index (χ1) is 15.1. The molecule has 1 aliphatic rings. The maximum Gasteiger partial charge on any atom is 0.234 e. The molecule has 3 aromatic rings. The van der Waals surface area contributed by atoms with E-state index in [1.54, 1.807) is 6.07 Å². The highest BCUT2D eigenvalue weighted by atomic mass is 35.5. The van der Waals surface area contributed by atoms with Gasteiger partial charge in [0.2, 0.25) is 5.91 Å². The summed E-state index contributed by atoms with van der Waals surface area (Å²) in [5.74, 6) is 0.948. The predicted octanol–water partition coefficient (Wildman–Crippen LogP) is 3.79. The predicted molar refractivity (Wildman–Crippen MR) is 123 cm³/mol. The lowest BCUT2D eigenvalue weighted by atomic mass is 10.2. The van der Waals surface area contributed by atoms with Gasteiger partial charge in [0.15, 0.2) is 11.0 Å². The molecule has 162 valence electrons. The van der Waals surface area contributed by atoms with Gasteiger partial charge in [-0.2, -0.15) is 0 Å². The molecule has 9 heteroatoms. The Morgan fingerprint density at radius 1 is 1.13 bits per heavy atom. The molecule has 2 heterocycles. The summed E-state index contributed by atoms with van der Waals surface area (Å²) >= 11 is 7.51. The third kappa shape index (κ3) is 5.46. The van der Waals surface area contributed by atoms with Crippen molar-refractivity contribution >= 4 is 35.0 Å². The van der Waals surface area contributed by atoms with Crippen LogP contribution in [0.1, 0.15) is 11.4 Å². The number of ether oxygens (including phenoxy) is 1. The number of benzene rings is 2. The SMILES string of the molecule is Cc1c(Cl)cccc1NC(=O)CSc1nnc(CN2CCOCC2)n1-c1ccccc1. The maximum absolute atomic E-state index is 12.6. The van der Waals surface area contributed by atoms with E-state index in [2.05, 4.69) is 20.4 Å². The second kappa shape index (κ2) is 10.3. The van der Waals surface area contributed by atoms with Crippen LogP contribution in [0.15, 0.2) is 53.7 Å². The summed E-state index contributed by atoms with van der Waals surface area (Å²) in [5.41, 5.74) is 2.54. The van der Waals surface area contributed by atoms with Gasteiger partial charge in [0.25, 0.3) is 0 Å². The van der Waals surface area contributed by atoms with Gasteiger partial charge in [0.05, 0.1) is 25.5 Å². The zero-order valence-electron chi connectivity index (χ0n) is 17.3. The molecule has 1 aromatic heterocycles. The van der Waals surface area contributed by atoms with Crippen LogP contribution >= 0.6 is 23.4 Å². The molecule has 0 unspecified atom stereocenters. The summed E-state index contributed by atoms with van der Waals surface area (Å²) in [6.45, 7) is 5.75. The molecular weight excluding hydrogens is 434 g/mol. The molecule has 31 heavy (non-hydrogen) atoms. The van der Waals surface area contributed by atoms with Crippen LogP contribution in [0.2, 0.25) is 5.02 Å². The van der Waals surface area contributed by atoms with E-state index in [4.69, 9.17) is 16.3 Å². The first-order valence-electron chi connectivity index (χ1n) is 10.1. The average molecular weight is 458 g/mol. The minimum Gasteiger partial charge on any atom is -0.379 e. The summed E-state index contributed by atoms with van der Waals surface area (Å²) < 4.78 is 7.47. The Bertz CT molecular complexity index is 1040. The molecule has 7 nitrogen and oxygen atoms in total. The zero-order chi connectivity index (χ0) is 21.6. The van der Waals surface area contributed by atoms with Crippen LogP contribution in [0.5, 0.6) is 0 Å². The van der Waals surface area contributed by atoms with Crippen molar-refractivity contribution in [2.45, 2.75) is 18.6 Å². The van der Waals surface area contributed by atoms with Gasteiger partial charge in [-0.3, -0.25) is 14.3 Å². The third-order valence-electron chi connectivity index (χ3n) is 5.06. The Balaban J connectivity index is 1.49. The summed E-state index contributed by atoms with van der Waals surface area (Å²) in [7, 11) is 0. The molecule has 1 aliphatic heterocycles. The number of hydrogen-bond donors (Lipinski definition) is 1. The first-order valence-corrected chi connectivity index (χ1v) is 11.5. The molecule has 0 atom stereocenters. The topological polar surface area (TPSA) is 72.3 Å². The number of anilines is 1. The van der Waals surface area contributed by atoms with Crippen molar-refractivity contribution in [1.82, 2.24) is 19.7 Å². The number of halogens is 1. The van der Waals surface area contributed by atoms with Crippen molar-refractivity contribution in [2.24, 2.45) is 0 Å². The van der Waals surface area contributed by atoms with Gasteiger partial charge >= 0.3 is 0 Å². The number of hydrogen-bond acceptors (Lipinski definition) is 6. The molecule has 0 aliphatic carbocycles. The number of nitrogens with one attached hydrogen (secondary N) is 1. The normalized spacial score (nSPS) is 14.5. The largest absolute Gasteiger partial charge is 0.379 e. The molecule has 0 spiro atoms. The fourth-order valence-electron chi connectivity index (χ4n) is 3.35. The maximum atomic E-state index is 12.6. The zero-order valence-corrected chi connectivity index (χ0v) is 18.8. The Morgan fingerprint density at radius 3 is 2.68 bits per heavy atom. The van der Waals surface area contributed by atoms with Gasteiger partial charge < -0.3 is 10.1 Å². The molecule has 1 fully saturated rings. The highest BCUT2D eigenvalue weighted by molar-refractivity contribution is 7.99. The number of rotatable bonds is 7. The second-order valence-electron chi connectivity index (χ2n) is 7.21. The van der Waals surface area contributed by atoms with Gasteiger partial charge in [0.1, 0.15) is 0 Å².